The predicted octanol–water partition coefficient (Wildman–Crippen LogP) is 3.74. The molecule has 0 radical (unpaired) electrons. The van der Waals surface area contributed by atoms with Crippen LogP contribution in [0.25, 0.3) is 0 Å². The van der Waals surface area contributed by atoms with E-state index in [2.05, 4.69) is 49.3 Å². The fraction of sp³-hybridized carbons (Fsp3) is 0.471. The van der Waals surface area contributed by atoms with Gasteiger partial charge in [-0.3, -0.25) is 0 Å². The third-order valence-electron chi connectivity index (χ3n) is 3.36. The van der Waals surface area contributed by atoms with E-state index in [0.717, 1.165) is 42.4 Å². The maximum atomic E-state index is 5.83. The fourth-order valence-electron chi connectivity index (χ4n) is 2.11. The number of ether oxygens (including phenoxy) is 1. The summed E-state index contributed by atoms with van der Waals surface area (Å²) in [5.74, 6) is 0.954. The van der Waals surface area contributed by atoms with Crippen molar-refractivity contribution in [3.8, 4) is 5.75 Å². The molecule has 0 bridgehead atoms. The number of hydrogen-bond donors (Lipinski definition) is 1. The molecule has 4 heteroatoms. The minimum absolute atomic E-state index is 0.681. The van der Waals surface area contributed by atoms with Crippen molar-refractivity contribution in [2.45, 2.75) is 40.2 Å². The highest BCUT2D eigenvalue weighted by atomic mass is 32.1. The Kier molecular flexibility index (Phi) is 6.21. The van der Waals surface area contributed by atoms with E-state index in [1.807, 2.05) is 6.07 Å². The van der Waals surface area contributed by atoms with Gasteiger partial charge in [-0.2, -0.15) is 0 Å². The SMILES string of the molecule is CCNCc1sc(CCOc2cccc(CC)c2)nc1C. The van der Waals surface area contributed by atoms with E-state index < -0.39 is 0 Å². The van der Waals surface area contributed by atoms with E-state index >= 15 is 0 Å². The zero-order valence-corrected chi connectivity index (χ0v) is 13.9. The van der Waals surface area contributed by atoms with Gasteiger partial charge in [-0.05, 0) is 37.6 Å². The normalized spacial score (nSPS) is 10.8. The summed E-state index contributed by atoms with van der Waals surface area (Å²) >= 11 is 1.79. The number of benzene rings is 1. The van der Waals surface area contributed by atoms with Crippen LogP contribution in [-0.4, -0.2) is 18.1 Å². The highest BCUT2D eigenvalue weighted by Gasteiger charge is 2.07. The molecule has 1 aromatic heterocycles. The number of hydrogen-bond acceptors (Lipinski definition) is 4. The molecule has 0 fully saturated rings. The predicted molar refractivity (Wildman–Crippen MR) is 89.3 cm³/mol. The monoisotopic (exact) mass is 304 g/mol. The smallest absolute Gasteiger partial charge is 0.119 e. The summed E-state index contributed by atoms with van der Waals surface area (Å²) in [6.07, 6.45) is 1.91. The molecule has 21 heavy (non-hydrogen) atoms. The van der Waals surface area contributed by atoms with E-state index in [1.165, 1.54) is 10.4 Å². The van der Waals surface area contributed by atoms with Crippen molar-refractivity contribution >= 4 is 11.3 Å². The topological polar surface area (TPSA) is 34.1 Å². The fourth-order valence-corrected chi connectivity index (χ4v) is 3.13. The first kappa shape index (κ1) is 16.0. The van der Waals surface area contributed by atoms with Crippen molar-refractivity contribution in [2.24, 2.45) is 0 Å². The van der Waals surface area contributed by atoms with Crippen LogP contribution in [0.2, 0.25) is 0 Å². The average Bonchev–Trinajstić information content (AvgIpc) is 2.85. The molecule has 0 amide bonds. The van der Waals surface area contributed by atoms with Crippen LogP contribution in [-0.2, 0) is 19.4 Å². The lowest BCUT2D eigenvalue weighted by molar-refractivity contribution is 0.321. The molecule has 0 spiro atoms. The van der Waals surface area contributed by atoms with Gasteiger partial charge in [0, 0.05) is 17.8 Å². The van der Waals surface area contributed by atoms with Gasteiger partial charge in [-0.15, -0.1) is 11.3 Å². The van der Waals surface area contributed by atoms with Crippen LogP contribution in [0.15, 0.2) is 24.3 Å². The number of nitrogens with one attached hydrogen (secondary N) is 1. The Morgan fingerprint density at radius 3 is 2.90 bits per heavy atom. The van der Waals surface area contributed by atoms with Crippen LogP contribution in [0.4, 0.5) is 0 Å². The minimum atomic E-state index is 0.681. The highest BCUT2D eigenvalue weighted by molar-refractivity contribution is 7.11. The Bertz CT molecular complexity index is 566. The molecule has 0 unspecified atom stereocenters. The first-order valence-corrected chi connectivity index (χ1v) is 8.42. The second-order valence-electron chi connectivity index (χ2n) is 5.00. The lowest BCUT2D eigenvalue weighted by atomic mass is 10.2. The van der Waals surface area contributed by atoms with Gasteiger partial charge in [0.1, 0.15) is 5.75 Å². The van der Waals surface area contributed by atoms with Crippen LogP contribution >= 0.6 is 11.3 Å². The van der Waals surface area contributed by atoms with Gasteiger partial charge in [0.05, 0.1) is 17.3 Å². The van der Waals surface area contributed by atoms with Crippen molar-refractivity contribution in [3.05, 3.63) is 45.4 Å². The largest absolute Gasteiger partial charge is 0.493 e. The second-order valence-corrected chi connectivity index (χ2v) is 6.16. The van der Waals surface area contributed by atoms with Crippen LogP contribution in [0, 0.1) is 6.92 Å². The summed E-state index contributed by atoms with van der Waals surface area (Å²) in [5, 5.41) is 4.51. The molecule has 2 rings (SSSR count). The number of aryl methyl sites for hydroxylation is 2. The lowest BCUT2D eigenvalue weighted by Gasteiger charge is -2.06. The van der Waals surface area contributed by atoms with Gasteiger partial charge in [0.15, 0.2) is 0 Å². The Hall–Kier alpha value is -1.39. The van der Waals surface area contributed by atoms with Gasteiger partial charge < -0.3 is 10.1 Å². The van der Waals surface area contributed by atoms with Crippen molar-refractivity contribution in [1.82, 2.24) is 10.3 Å². The standard InChI is InChI=1S/C17H24N2OS/c1-4-14-7-6-8-15(11-14)20-10-9-17-19-13(3)16(21-17)12-18-5-2/h6-8,11,18H,4-5,9-10,12H2,1-3H3. The van der Waals surface area contributed by atoms with Gasteiger partial charge >= 0.3 is 0 Å². The van der Waals surface area contributed by atoms with E-state index in [1.54, 1.807) is 11.3 Å². The molecular formula is C17H24N2OS. The molecule has 0 aliphatic heterocycles. The molecule has 1 N–H and O–H groups in total. The first-order chi connectivity index (χ1) is 10.2. The van der Waals surface area contributed by atoms with Crippen LogP contribution in [0.3, 0.4) is 0 Å². The van der Waals surface area contributed by atoms with E-state index in [-0.39, 0.29) is 0 Å². The van der Waals surface area contributed by atoms with Crippen molar-refractivity contribution in [3.63, 3.8) is 0 Å². The molecular weight excluding hydrogens is 280 g/mol. The number of rotatable bonds is 8. The third-order valence-corrected chi connectivity index (χ3v) is 4.58. The summed E-state index contributed by atoms with van der Waals surface area (Å²) in [6.45, 7) is 8.95. The van der Waals surface area contributed by atoms with Crippen LogP contribution in [0.1, 0.15) is 35.0 Å². The molecule has 1 heterocycles. The number of nitrogens with zero attached hydrogens (tertiary/aromatic N) is 1. The van der Waals surface area contributed by atoms with Crippen molar-refractivity contribution in [2.75, 3.05) is 13.2 Å². The molecule has 1 aromatic carbocycles. The van der Waals surface area contributed by atoms with Crippen molar-refractivity contribution < 1.29 is 4.74 Å². The van der Waals surface area contributed by atoms with E-state index in [4.69, 9.17) is 4.74 Å². The summed E-state index contributed by atoms with van der Waals surface area (Å²) in [4.78, 5) is 5.96. The minimum Gasteiger partial charge on any atom is -0.493 e. The van der Waals surface area contributed by atoms with E-state index in [9.17, 15) is 0 Å². The maximum absolute atomic E-state index is 5.83. The summed E-state index contributed by atoms with van der Waals surface area (Å²) in [5.41, 5.74) is 2.45. The van der Waals surface area contributed by atoms with Gasteiger partial charge in [0.25, 0.3) is 0 Å². The van der Waals surface area contributed by atoms with Gasteiger partial charge in [0.2, 0.25) is 0 Å². The molecule has 3 nitrogen and oxygen atoms in total. The van der Waals surface area contributed by atoms with Crippen LogP contribution < -0.4 is 10.1 Å². The quantitative estimate of drug-likeness (QED) is 0.806. The average molecular weight is 304 g/mol. The first-order valence-electron chi connectivity index (χ1n) is 7.60. The third kappa shape index (κ3) is 4.83. The Morgan fingerprint density at radius 2 is 2.14 bits per heavy atom. The number of aromatic nitrogens is 1. The lowest BCUT2D eigenvalue weighted by Crippen LogP contribution is -2.11. The molecule has 0 atom stereocenters. The van der Waals surface area contributed by atoms with Crippen LogP contribution in [0.5, 0.6) is 5.75 Å². The molecule has 0 saturated carbocycles. The number of thiazole rings is 1. The summed E-state index contributed by atoms with van der Waals surface area (Å²) < 4.78 is 5.83. The maximum Gasteiger partial charge on any atom is 0.119 e. The molecule has 114 valence electrons. The molecule has 0 aliphatic rings. The zero-order chi connectivity index (χ0) is 15.1. The Morgan fingerprint density at radius 1 is 1.29 bits per heavy atom. The van der Waals surface area contributed by atoms with Crippen molar-refractivity contribution in [1.29, 1.82) is 0 Å². The molecule has 0 aliphatic carbocycles. The second kappa shape index (κ2) is 8.15. The highest BCUT2D eigenvalue weighted by Crippen LogP contribution is 2.19. The molecule has 2 aromatic rings. The van der Waals surface area contributed by atoms with Gasteiger partial charge in [-0.25, -0.2) is 4.98 Å². The molecule has 0 saturated heterocycles. The summed E-state index contributed by atoms with van der Waals surface area (Å²) in [6, 6.07) is 8.31. The Balaban J connectivity index is 1.85. The zero-order valence-electron chi connectivity index (χ0n) is 13.1. The Labute approximate surface area is 131 Å². The van der Waals surface area contributed by atoms with E-state index in [0.29, 0.717) is 6.61 Å². The summed E-state index contributed by atoms with van der Waals surface area (Å²) in [7, 11) is 0. The van der Waals surface area contributed by atoms with Gasteiger partial charge in [-0.1, -0.05) is 26.0 Å².